The summed E-state index contributed by atoms with van der Waals surface area (Å²) in [6, 6.07) is 5.97. The number of nitrogens with one attached hydrogen (secondary N) is 1. The van der Waals surface area contributed by atoms with Gasteiger partial charge in [0.15, 0.2) is 6.61 Å². The third-order valence-corrected chi connectivity index (χ3v) is 2.96. The first-order valence-electron chi connectivity index (χ1n) is 7.26. The number of carbonyl (C=O) groups is 1. The van der Waals surface area contributed by atoms with Gasteiger partial charge in [0.05, 0.1) is 0 Å². The summed E-state index contributed by atoms with van der Waals surface area (Å²) < 4.78 is 10.5. The largest absolute Gasteiger partial charge is 0.483 e. The van der Waals surface area contributed by atoms with Crippen molar-refractivity contribution in [3.05, 3.63) is 29.3 Å². The van der Waals surface area contributed by atoms with Crippen LogP contribution in [0.4, 0.5) is 0 Å². The van der Waals surface area contributed by atoms with Crippen molar-refractivity contribution in [2.75, 3.05) is 26.9 Å². The maximum atomic E-state index is 11.7. The van der Waals surface area contributed by atoms with Crippen LogP contribution < -0.4 is 15.8 Å². The summed E-state index contributed by atoms with van der Waals surface area (Å²) in [5.41, 5.74) is 8.04. The predicted molar refractivity (Wildman–Crippen MR) is 83.5 cm³/mol. The smallest absolute Gasteiger partial charge is 0.257 e. The molecule has 0 aromatic heterocycles. The minimum absolute atomic E-state index is 0.0159. The number of amides is 1. The van der Waals surface area contributed by atoms with Crippen LogP contribution in [0.25, 0.3) is 0 Å². The van der Waals surface area contributed by atoms with E-state index in [2.05, 4.69) is 11.4 Å². The molecule has 0 fully saturated rings. The molecule has 5 heteroatoms. The highest BCUT2D eigenvalue weighted by Crippen LogP contribution is 2.21. The molecule has 1 rings (SSSR count). The lowest BCUT2D eigenvalue weighted by Crippen LogP contribution is -2.30. The molecule has 0 bridgehead atoms. The summed E-state index contributed by atoms with van der Waals surface area (Å²) in [5, 5.41) is 2.79. The zero-order valence-electron chi connectivity index (χ0n) is 13.1. The lowest BCUT2D eigenvalue weighted by Gasteiger charge is -2.14. The molecule has 0 aliphatic carbocycles. The number of hydrogen-bond donors (Lipinski definition) is 2. The minimum atomic E-state index is -0.126. The first kappa shape index (κ1) is 17.5. The summed E-state index contributed by atoms with van der Waals surface area (Å²) in [7, 11) is 1.64. The highest BCUT2D eigenvalue weighted by molar-refractivity contribution is 5.77. The van der Waals surface area contributed by atoms with Crippen LogP contribution >= 0.6 is 0 Å². The van der Waals surface area contributed by atoms with Gasteiger partial charge in [-0.05, 0) is 38.3 Å². The third-order valence-electron chi connectivity index (χ3n) is 2.96. The normalized spacial score (nSPS) is 12.0. The van der Waals surface area contributed by atoms with Gasteiger partial charge in [0.2, 0.25) is 0 Å². The van der Waals surface area contributed by atoms with Crippen molar-refractivity contribution in [2.45, 2.75) is 32.7 Å². The van der Waals surface area contributed by atoms with E-state index in [4.69, 9.17) is 15.2 Å². The molecule has 0 spiro atoms. The number of ether oxygens (including phenoxy) is 2. The second-order valence-corrected chi connectivity index (χ2v) is 5.28. The van der Waals surface area contributed by atoms with Gasteiger partial charge in [-0.1, -0.05) is 17.7 Å². The van der Waals surface area contributed by atoms with E-state index in [0.29, 0.717) is 13.2 Å². The fraction of sp³-hybridized carbons (Fsp3) is 0.562. The zero-order chi connectivity index (χ0) is 15.7. The van der Waals surface area contributed by atoms with Gasteiger partial charge in [-0.15, -0.1) is 0 Å². The van der Waals surface area contributed by atoms with Gasteiger partial charge in [0.1, 0.15) is 5.75 Å². The number of benzene rings is 1. The van der Waals surface area contributed by atoms with Crippen molar-refractivity contribution < 1.29 is 14.3 Å². The molecule has 0 aliphatic rings. The minimum Gasteiger partial charge on any atom is -0.483 e. The second-order valence-electron chi connectivity index (χ2n) is 5.28. The van der Waals surface area contributed by atoms with Crippen molar-refractivity contribution in [2.24, 2.45) is 5.73 Å². The molecule has 3 N–H and O–H groups in total. The summed E-state index contributed by atoms with van der Waals surface area (Å²) in [5.74, 6) is 0.600. The summed E-state index contributed by atoms with van der Waals surface area (Å²) in [6.45, 7) is 5.22. The highest BCUT2D eigenvalue weighted by Gasteiger charge is 2.09. The first-order chi connectivity index (χ1) is 10.0. The lowest BCUT2D eigenvalue weighted by molar-refractivity contribution is -0.123. The maximum absolute atomic E-state index is 11.7. The van der Waals surface area contributed by atoms with Crippen molar-refractivity contribution >= 4 is 5.91 Å². The van der Waals surface area contributed by atoms with E-state index < -0.39 is 0 Å². The molecule has 0 saturated carbocycles. The molecule has 0 heterocycles. The van der Waals surface area contributed by atoms with Crippen molar-refractivity contribution in [1.82, 2.24) is 5.32 Å². The number of hydrogen-bond acceptors (Lipinski definition) is 4. The van der Waals surface area contributed by atoms with E-state index in [-0.39, 0.29) is 18.6 Å². The van der Waals surface area contributed by atoms with E-state index in [9.17, 15) is 4.79 Å². The van der Waals surface area contributed by atoms with Gasteiger partial charge in [-0.25, -0.2) is 0 Å². The molecule has 0 saturated heterocycles. The number of nitrogens with two attached hydrogens (primary N) is 1. The van der Waals surface area contributed by atoms with E-state index in [1.165, 1.54) is 0 Å². The molecule has 118 valence electrons. The van der Waals surface area contributed by atoms with Crippen LogP contribution in [0.3, 0.4) is 0 Å². The van der Waals surface area contributed by atoms with E-state index in [1.807, 2.05) is 26.0 Å². The number of methoxy groups -OCH3 is 1. The van der Waals surface area contributed by atoms with Gasteiger partial charge >= 0.3 is 0 Å². The quantitative estimate of drug-likeness (QED) is 0.676. The molecule has 1 unspecified atom stereocenters. The van der Waals surface area contributed by atoms with Crippen LogP contribution in [0.15, 0.2) is 18.2 Å². The Hall–Kier alpha value is -1.59. The number of aryl methyl sites for hydroxylation is 1. The molecule has 1 amide bonds. The van der Waals surface area contributed by atoms with Crippen LogP contribution in [-0.4, -0.2) is 38.8 Å². The van der Waals surface area contributed by atoms with E-state index in [0.717, 1.165) is 29.7 Å². The molecule has 21 heavy (non-hydrogen) atoms. The summed E-state index contributed by atoms with van der Waals surface area (Å²) in [4.78, 5) is 11.7. The van der Waals surface area contributed by atoms with Crippen molar-refractivity contribution in [3.63, 3.8) is 0 Å². The standard InChI is InChI=1S/C16H26N2O3/c1-12-5-6-15(14(9-12)10-13(2)17)21-11-16(19)18-7-4-8-20-3/h5-6,9,13H,4,7-8,10-11,17H2,1-3H3,(H,18,19). The van der Waals surface area contributed by atoms with Crippen molar-refractivity contribution in [3.8, 4) is 5.75 Å². The molecule has 5 nitrogen and oxygen atoms in total. The fourth-order valence-corrected chi connectivity index (χ4v) is 1.99. The Morgan fingerprint density at radius 1 is 1.43 bits per heavy atom. The van der Waals surface area contributed by atoms with Crippen LogP contribution in [-0.2, 0) is 16.0 Å². The Labute approximate surface area is 126 Å². The van der Waals surface area contributed by atoms with Gasteiger partial charge < -0.3 is 20.5 Å². The number of carbonyl (C=O) groups excluding carboxylic acids is 1. The Morgan fingerprint density at radius 2 is 2.19 bits per heavy atom. The highest BCUT2D eigenvalue weighted by atomic mass is 16.5. The van der Waals surface area contributed by atoms with Crippen molar-refractivity contribution in [1.29, 1.82) is 0 Å². The van der Waals surface area contributed by atoms with Crippen LogP contribution in [0, 0.1) is 6.92 Å². The van der Waals surface area contributed by atoms with Gasteiger partial charge in [-0.3, -0.25) is 4.79 Å². The molecule has 1 atom stereocenters. The van der Waals surface area contributed by atoms with Gasteiger partial charge in [0, 0.05) is 26.3 Å². The SMILES string of the molecule is COCCCNC(=O)COc1ccc(C)cc1CC(C)N. The van der Waals surface area contributed by atoms with E-state index in [1.54, 1.807) is 7.11 Å². The average Bonchev–Trinajstić information content (AvgIpc) is 2.42. The van der Waals surface area contributed by atoms with Gasteiger partial charge in [-0.2, -0.15) is 0 Å². The van der Waals surface area contributed by atoms with Crippen LogP contribution in [0.2, 0.25) is 0 Å². The van der Waals surface area contributed by atoms with Gasteiger partial charge in [0.25, 0.3) is 5.91 Å². The average molecular weight is 294 g/mol. The molecule has 0 radical (unpaired) electrons. The fourth-order valence-electron chi connectivity index (χ4n) is 1.99. The van der Waals surface area contributed by atoms with Crippen LogP contribution in [0.5, 0.6) is 5.75 Å². The Balaban J connectivity index is 2.48. The number of rotatable bonds is 9. The summed E-state index contributed by atoms with van der Waals surface area (Å²) >= 11 is 0. The zero-order valence-corrected chi connectivity index (χ0v) is 13.1. The molecular weight excluding hydrogens is 268 g/mol. The predicted octanol–water partition coefficient (Wildman–Crippen LogP) is 1.42. The third kappa shape index (κ3) is 7.11. The molecular formula is C16H26N2O3. The Morgan fingerprint density at radius 3 is 2.86 bits per heavy atom. The molecule has 0 aliphatic heterocycles. The molecule has 1 aromatic rings. The Kier molecular flexibility index (Phi) is 7.79. The Bertz CT molecular complexity index is 447. The summed E-state index contributed by atoms with van der Waals surface area (Å²) in [6.07, 6.45) is 1.52. The van der Waals surface area contributed by atoms with Crippen LogP contribution in [0.1, 0.15) is 24.5 Å². The first-order valence-corrected chi connectivity index (χ1v) is 7.26. The second kappa shape index (κ2) is 9.37. The molecule has 1 aromatic carbocycles. The topological polar surface area (TPSA) is 73.6 Å². The lowest BCUT2D eigenvalue weighted by atomic mass is 10.0. The maximum Gasteiger partial charge on any atom is 0.257 e. The van der Waals surface area contributed by atoms with E-state index >= 15 is 0 Å². The monoisotopic (exact) mass is 294 g/mol.